The molecular weight excluding hydrogens is 414 g/mol. The van der Waals surface area contributed by atoms with Crippen molar-refractivity contribution in [3.05, 3.63) is 35.3 Å². The van der Waals surface area contributed by atoms with Gasteiger partial charge in [-0.1, -0.05) is 24.9 Å². The van der Waals surface area contributed by atoms with Crippen molar-refractivity contribution >= 4 is 11.6 Å². The van der Waals surface area contributed by atoms with Crippen LogP contribution in [0.2, 0.25) is 5.02 Å². The molecule has 0 radical (unpaired) electrons. The molecule has 0 saturated carbocycles. The molecule has 0 amide bonds. The van der Waals surface area contributed by atoms with E-state index < -0.39 is 40.7 Å². The summed E-state index contributed by atoms with van der Waals surface area (Å²) in [6, 6.07) is 1.39. The highest BCUT2D eigenvalue weighted by atomic mass is 35.5. The molecule has 0 aromatic heterocycles. The smallest absolute Gasteiger partial charge is 0.424 e. The summed E-state index contributed by atoms with van der Waals surface area (Å²) in [5.74, 6) is -2.38. The molecule has 2 rings (SSSR count). The molecule has 1 aromatic carbocycles. The van der Waals surface area contributed by atoms with Crippen molar-refractivity contribution in [2.45, 2.75) is 51.0 Å². The summed E-state index contributed by atoms with van der Waals surface area (Å²) in [5.41, 5.74) is 0. The van der Waals surface area contributed by atoms with E-state index in [9.17, 15) is 26.3 Å². The average molecular weight is 433 g/mol. The Morgan fingerprint density at radius 2 is 1.93 bits per heavy atom. The average Bonchev–Trinajstić information content (AvgIpc) is 2.57. The van der Waals surface area contributed by atoms with Gasteiger partial charge in [0.2, 0.25) is 0 Å². The van der Waals surface area contributed by atoms with Crippen molar-refractivity contribution in [2.75, 3.05) is 6.61 Å². The molecule has 1 fully saturated rings. The van der Waals surface area contributed by atoms with E-state index in [1.807, 2.05) is 6.92 Å². The second-order valence-corrected chi connectivity index (χ2v) is 6.80. The Morgan fingerprint density at radius 3 is 2.46 bits per heavy atom. The number of allylic oxidation sites excluding steroid dienone is 1. The topological polar surface area (TPSA) is 27.7 Å². The third-order valence-corrected chi connectivity index (χ3v) is 4.39. The monoisotopic (exact) mass is 432 g/mol. The van der Waals surface area contributed by atoms with E-state index in [1.54, 1.807) is 0 Å². The Bertz CT molecular complexity index is 661. The van der Waals surface area contributed by atoms with Crippen molar-refractivity contribution in [1.29, 1.82) is 0 Å². The van der Waals surface area contributed by atoms with Crippen molar-refractivity contribution in [2.24, 2.45) is 5.92 Å². The molecule has 0 spiro atoms. The van der Waals surface area contributed by atoms with Gasteiger partial charge >= 0.3 is 12.3 Å². The van der Waals surface area contributed by atoms with Gasteiger partial charge in [0.05, 0.1) is 24.0 Å². The van der Waals surface area contributed by atoms with Crippen molar-refractivity contribution < 1.29 is 40.6 Å². The zero-order valence-electron chi connectivity index (χ0n) is 14.9. The van der Waals surface area contributed by atoms with E-state index in [2.05, 4.69) is 9.47 Å². The predicted molar refractivity (Wildman–Crippen MR) is 90.2 cm³/mol. The molecule has 1 aliphatic heterocycles. The Hall–Kier alpha value is -1.61. The quantitative estimate of drug-likeness (QED) is 0.363. The predicted octanol–water partition coefficient (Wildman–Crippen LogP) is 6.50. The van der Waals surface area contributed by atoms with Crippen LogP contribution in [0.15, 0.2) is 24.5 Å². The van der Waals surface area contributed by atoms with E-state index in [0.29, 0.717) is 12.5 Å². The number of halogens is 7. The van der Waals surface area contributed by atoms with Crippen LogP contribution < -0.4 is 9.47 Å². The van der Waals surface area contributed by atoms with Gasteiger partial charge in [-0.05, 0) is 25.2 Å². The molecule has 1 saturated heterocycles. The van der Waals surface area contributed by atoms with E-state index in [0.717, 1.165) is 18.9 Å². The van der Waals surface area contributed by atoms with Crippen molar-refractivity contribution in [1.82, 2.24) is 0 Å². The van der Waals surface area contributed by atoms with E-state index in [4.69, 9.17) is 16.3 Å². The summed E-state index contributed by atoms with van der Waals surface area (Å²) in [4.78, 5) is 0. The van der Waals surface area contributed by atoms with Crippen LogP contribution in [0.25, 0.3) is 0 Å². The molecule has 10 heteroatoms. The number of hydrogen-bond acceptors (Lipinski definition) is 3. The highest BCUT2D eigenvalue weighted by molar-refractivity contribution is 6.32. The van der Waals surface area contributed by atoms with E-state index in [-0.39, 0.29) is 31.3 Å². The van der Waals surface area contributed by atoms with Crippen LogP contribution in [0.1, 0.15) is 32.6 Å². The van der Waals surface area contributed by atoms with E-state index >= 15 is 0 Å². The molecular formula is C18H19ClF6O3. The normalized spacial score (nSPS) is 21.1. The van der Waals surface area contributed by atoms with Crippen LogP contribution in [0.3, 0.4) is 0 Å². The Balaban J connectivity index is 2.04. The molecule has 3 nitrogen and oxygen atoms in total. The van der Waals surface area contributed by atoms with Gasteiger partial charge in [0.15, 0.2) is 17.7 Å². The molecule has 28 heavy (non-hydrogen) atoms. The molecule has 1 heterocycles. The molecule has 2 unspecified atom stereocenters. The lowest BCUT2D eigenvalue weighted by Gasteiger charge is -2.33. The van der Waals surface area contributed by atoms with Crippen LogP contribution in [0, 0.1) is 11.7 Å². The summed E-state index contributed by atoms with van der Waals surface area (Å²) in [5, 5.41) is -0.523. The lowest BCUT2D eigenvalue weighted by molar-refractivity contribution is -0.265. The van der Waals surface area contributed by atoms with Gasteiger partial charge in [-0.15, -0.1) is 0 Å². The molecule has 0 N–H and O–H groups in total. The van der Waals surface area contributed by atoms with Gasteiger partial charge in [0.1, 0.15) is 5.75 Å². The Morgan fingerprint density at radius 1 is 1.21 bits per heavy atom. The highest BCUT2D eigenvalue weighted by Crippen LogP contribution is 2.38. The summed E-state index contributed by atoms with van der Waals surface area (Å²) in [7, 11) is 0. The summed E-state index contributed by atoms with van der Waals surface area (Å²) >= 11 is 5.72. The maximum Gasteiger partial charge on any atom is 0.424 e. The maximum absolute atomic E-state index is 14.3. The van der Waals surface area contributed by atoms with Crippen LogP contribution in [-0.2, 0) is 4.74 Å². The molecule has 1 aliphatic rings. The lowest BCUT2D eigenvalue weighted by atomic mass is 9.94. The van der Waals surface area contributed by atoms with Gasteiger partial charge in [-0.2, -0.15) is 22.0 Å². The van der Waals surface area contributed by atoms with Gasteiger partial charge < -0.3 is 14.2 Å². The summed E-state index contributed by atoms with van der Waals surface area (Å²) < 4.78 is 93.1. The first-order chi connectivity index (χ1) is 13.0. The molecule has 0 bridgehead atoms. The molecule has 1 aromatic rings. The minimum absolute atomic E-state index is 0.0807. The Kier molecular flexibility index (Phi) is 7.50. The summed E-state index contributed by atoms with van der Waals surface area (Å²) in [6.45, 7) is 2.18. The third-order valence-electron chi connectivity index (χ3n) is 4.11. The SMILES string of the molecule is CCCC1CCC(C(F)(F)Oc2cc(F)c(OC=CC(F)(F)F)c(Cl)c2)OC1. The lowest BCUT2D eigenvalue weighted by Crippen LogP contribution is -2.44. The fourth-order valence-corrected chi connectivity index (χ4v) is 3.06. The Labute approximate surface area is 163 Å². The van der Waals surface area contributed by atoms with Gasteiger partial charge in [0.25, 0.3) is 0 Å². The van der Waals surface area contributed by atoms with Gasteiger partial charge in [0, 0.05) is 12.1 Å². The molecule has 2 atom stereocenters. The standard InChI is InChI=1S/C18H19ClF6O3/c1-2-3-11-4-5-15(27-10-11)18(24,25)28-12-8-13(19)16(14(20)9-12)26-7-6-17(21,22)23/h6-9,11,15H,2-5,10H2,1H3. The van der Waals surface area contributed by atoms with Gasteiger partial charge in [-0.25, -0.2) is 4.39 Å². The van der Waals surface area contributed by atoms with Crippen molar-refractivity contribution in [3.63, 3.8) is 0 Å². The second kappa shape index (κ2) is 9.26. The van der Waals surface area contributed by atoms with Crippen LogP contribution in [0.5, 0.6) is 11.5 Å². The fourth-order valence-electron chi connectivity index (χ4n) is 2.82. The first-order valence-corrected chi connectivity index (χ1v) is 8.98. The second-order valence-electron chi connectivity index (χ2n) is 6.40. The largest absolute Gasteiger partial charge is 0.460 e. The number of alkyl halides is 5. The van der Waals surface area contributed by atoms with Crippen LogP contribution in [0.4, 0.5) is 26.3 Å². The fraction of sp³-hybridized carbons (Fsp3) is 0.556. The van der Waals surface area contributed by atoms with Crippen LogP contribution >= 0.6 is 11.6 Å². The minimum atomic E-state index is -4.66. The van der Waals surface area contributed by atoms with E-state index in [1.165, 1.54) is 0 Å². The van der Waals surface area contributed by atoms with Crippen molar-refractivity contribution in [3.8, 4) is 11.5 Å². The summed E-state index contributed by atoms with van der Waals surface area (Å²) in [6.07, 6.45) is -7.51. The number of ether oxygens (including phenoxy) is 3. The number of benzene rings is 1. The zero-order valence-corrected chi connectivity index (χ0v) is 15.6. The first kappa shape index (κ1) is 22.7. The first-order valence-electron chi connectivity index (χ1n) is 8.60. The number of hydrogen-bond donors (Lipinski definition) is 0. The third kappa shape index (κ3) is 6.48. The van der Waals surface area contributed by atoms with Gasteiger partial charge in [-0.3, -0.25) is 0 Å². The molecule has 0 aliphatic carbocycles. The number of rotatable bonds is 7. The van der Waals surface area contributed by atoms with Crippen LogP contribution in [-0.4, -0.2) is 25.0 Å². The molecule has 158 valence electrons. The zero-order chi connectivity index (χ0) is 20.9. The minimum Gasteiger partial charge on any atom is -0.460 e. The maximum atomic E-state index is 14.3. The highest BCUT2D eigenvalue weighted by Gasteiger charge is 2.45.